The van der Waals surface area contributed by atoms with Gasteiger partial charge in [-0.25, -0.2) is 4.39 Å². The highest BCUT2D eigenvalue weighted by atomic mass is 79.9. The van der Waals surface area contributed by atoms with Crippen molar-refractivity contribution in [2.24, 2.45) is 0 Å². The minimum absolute atomic E-state index is 0.291. The van der Waals surface area contributed by atoms with E-state index in [1.165, 1.54) is 6.07 Å². The fraction of sp³-hybridized carbons (Fsp3) is 0. The van der Waals surface area contributed by atoms with E-state index in [1.807, 2.05) is 6.07 Å². The smallest absolute Gasteiger partial charge is 0.256 e. The fourth-order valence-corrected chi connectivity index (χ4v) is 2.38. The lowest BCUT2D eigenvalue weighted by Gasteiger charge is -2.07. The van der Waals surface area contributed by atoms with Gasteiger partial charge in [0.15, 0.2) is 11.6 Å². The molecule has 1 amide bonds. The van der Waals surface area contributed by atoms with Crippen LogP contribution >= 0.6 is 15.9 Å². The Labute approximate surface area is 146 Å². The minimum Gasteiger partial charge on any atom is -0.336 e. The number of rotatable bonds is 4. The Morgan fingerprint density at radius 3 is 2.42 bits per heavy atom. The third-order valence-corrected chi connectivity index (χ3v) is 3.62. The number of halogens is 2. The lowest BCUT2D eigenvalue weighted by atomic mass is 10.2. The topological polar surface area (TPSA) is 66.9 Å². The van der Waals surface area contributed by atoms with Crippen molar-refractivity contribution in [3.05, 3.63) is 76.5 Å². The first-order valence-corrected chi connectivity index (χ1v) is 7.83. The fourth-order valence-electron chi connectivity index (χ4n) is 1.98. The zero-order chi connectivity index (χ0) is 16.9. The SMILES string of the molecule is O=C(Nc1ccc(Nc2ccccc2F)nn1)c1cccc(Br)c1. The van der Waals surface area contributed by atoms with Crippen LogP contribution in [0.2, 0.25) is 0 Å². The molecular weight excluding hydrogens is 375 g/mol. The number of nitrogens with zero attached hydrogens (tertiary/aromatic N) is 2. The highest BCUT2D eigenvalue weighted by Crippen LogP contribution is 2.18. The van der Waals surface area contributed by atoms with E-state index < -0.39 is 0 Å². The van der Waals surface area contributed by atoms with Crippen molar-refractivity contribution >= 4 is 39.2 Å². The Morgan fingerprint density at radius 2 is 1.71 bits per heavy atom. The van der Waals surface area contributed by atoms with Gasteiger partial charge in [-0.15, -0.1) is 10.2 Å². The average molecular weight is 387 g/mol. The molecule has 1 aromatic heterocycles. The highest BCUT2D eigenvalue weighted by Gasteiger charge is 2.08. The van der Waals surface area contributed by atoms with E-state index in [0.717, 1.165) is 4.47 Å². The predicted molar refractivity (Wildman–Crippen MR) is 93.8 cm³/mol. The highest BCUT2D eigenvalue weighted by molar-refractivity contribution is 9.10. The molecule has 2 N–H and O–H groups in total. The minimum atomic E-state index is -0.383. The van der Waals surface area contributed by atoms with E-state index in [9.17, 15) is 9.18 Å². The van der Waals surface area contributed by atoms with Crippen LogP contribution in [0.5, 0.6) is 0 Å². The average Bonchev–Trinajstić information content (AvgIpc) is 2.58. The second kappa shape index (κ2) is 7.18. The standard InChI is InChI=1S/C17H12BrFN4O/c18-12-5-3-4-11(10-12)17(24)21-16-9-8-15(22-23-16)20-14-7-2-1-6-13(14)19/h1-10H,(H,20,22)(H,21,23,24). The summed E-state index contributed by atoms with van der Waals surface area (Å²) in [6, 6.07) is 16.5. The number of carbonyl (C=O) groups is 1. The van der Waals surface area contributed by atoms with Gasteiger partial charge < -0.3 is 10.6 Å². The van der Waals surface area contributed by atoms with Crippen LogP contribution in [-0.4, -0.2) is 16.1 Å². The summed E-state index contributed by atoms with van der Waals surface area (Å²) < 4.78 is 14.4. The normalized spacial score (nSPS) is 10.2. The van der Waals surface area contributed by atoms with Gasteiger partial charge >= 0.3 is 0 Å². The molecule has 0 aliphatic carbocycles. The Bertz CT molecular complexity index is 870. The summed E-state index contributed by atoms with van der Waals surface area (Å²) in [7, 11) is 0. The molecule has 5 nitrogen and oxygen atoms in total. The van der Waals surface area contributed by atoms with Gasteiger partial charge in [0, 0.05) is 10.0 Å². The van der Waals surface area contributed by atoms with Crippen LogP contribution in [0.25, 0.3) is 0 Å². The third kappa shape index (κ3) is 3.94. The van der Waals surface area contributed by atoms with Crippen molar-refractivity contribution in [2.45, 2.75) is 0 Å². The molecule has 0 atom stereocenters. The number of anilines is 3. The summed E-state index contributed by atoms with van der Waals surface area (Å²) in [5.41, 5.74) is 0.803. The maximum atomic E-state index is 13.6. The van der Waals surface area contributed by atoms with Gasteiger partial charge in [0.1, 0.15) is 5.82 Å². The molecule has 3 aromatic rings. The molecule has 0 unspecified atom stereocenters. The molecular formula is C17H12BrFN4O. The number of benzene rings is 2. The maximum absolute atomic E-state index is 13.6. The molecule has 0 fully saturated rings. The number of nitrogens with one attached hydrogen (secondary N) is 2. The summed E-state index contributed by atoms with van der Waals surface area (Å²) in [5, 5.41) is 13.3. The predicted octanol–water partition coefficient (Wildman–Crippen LogP) is 4.37. The molecule has 120 valence electrons. The van der Waals surface area contributed by atoms with Crippen molar-refractivity contribution in [2.75, 3.05) is 10.6 Å². The molecule has 0 aliphatic rings. The summed E-state index contributed by atoms with van der Waals surface area (Å²) >= 11 is 3.32. The van der Waals surface area contributed by atoms with Gasteiger partial charge in [0.05, 0.1) is 5.69 Å². The Morgan fingerprint density at radius 1 is 0.958 bits per heavy atom. The molecule has 1 heterocycles. The third-order valence-electron chi connectivity index (χ3n) is 3.13. The molecule has 0 aliphatic heterocycles. The molecule has 0 saturated heterocycles. The van der Waals surface area contributed by atoms with Crippen molar-refractivity contribution in [1.29, 1.82) is 0 Å². The number of hydrogen-bond donors (Lipinski definition) is 2. The van der Waals surface area contributed by atoms with Crippen molar-refractivity contribution < 1.29 is 9.18 Å². The largest absolute Gasteiger partial charge is 0.336 e. The summed E-state index contributed by atoms with van der Waals surface area (Å²) in [5.74, 6) is 0.00589. The summed E-state index contributed by atoms with van der Waals surface area (Å²) in [6.45, 7) is 0. The molecule has 0 bridgehead atoms. The molecule has 3 rings (SSSR count). The van der Waals surface area contributed by atoms with Gasteiger partial charge in [0.2, 0.25) is 0 Å². The first kappa shape index (κ1) is 16.1. The number of para-hydroxylation sites is 1. The maximum Gasteiger partial charge on any atom is 0.256 e. The van der Waals surface area contributed by atoms with Crippen molar-refractivity contribution in [1.82, 2.24) is 10.2 Å². The Kier molecular flexibility index (Phi) is 4.81. The zero-order valence-electron chi connectivity index (χ0n) is 12.3. The molecule has 0 spiro atoms. The molecule has 2 aromatic carbocycles. The van der Waals surface area contributed by atoms with Crippen molar-refractivity contribution in [3.63, 3.8) is 0 Å². The van der Waals surface area contributed by atoms with Gasteiger partial charge in [-0.05, 0) is 42.5 Å². The van der Waals surface area contributed by atoms with Crippen molar-refractivity contribution in [3.8, 4) is 0 Å². The lowest BCUT2D eigenvalue weighted by Crippen LogP contribution is -2.13. The zero-order valence-corrected chi connectivity index (χ0v) is 13.9. The first-order chi connectivity index (χ1) is 11.6. The van der Waals surface area contributed by atoms with Crippen LogP contribution in [0.4, 0.5) is 21.7 Å². The summed E-state index contributed by atoms with van der Waals surface area (Å²) in [4.78, 5) is 12.1. The van der Waals surface area contributed by atoms with Gasteiger partial charge in [-0.3, -0.25) is 4.79 Å². The van der Waals surface area contributed by atoms with Gasteiger partial charge in [0.25, 0.3) is 5.91 Å². The Balaban J connectivity index is 1.68. The van der Waals surface area contributed by atoms with E-state index in [0.29, 0.717) is 22.9 Å². The van der Waals surface area contributed by atoms with Gasteiger partial charge in [-0.2, -0.15) is 0 Å². The van der Waals surface area contributed by atoms with Crippen LogP contribution in [0.3, 0.4) is 0 Å². The molecule has 0 saturated carbocycles. The number of hydrogen-bond acceptors (Lipinski definition) is 4. The van der Waals surface area contributed by atoms with Gasteiger partial charge in [-0.1, -0.05) is 34.1 Å². The summed E-state index contributed by atoms with van der Waals surface area (Å²) in [6.07, 6.45) is 0. The number of amides is 1. The van der Waals surface area contributed by atoms with E-state index in [-0.39, 0.29) is 11.7 Å². The second-order valence-corrected chi connectivity index (χ2v) is 5.79. The van der Waals surface area contributed by atoms with E-state index >= 15 is 0 Å². The molecule has 24 heavy (non-hydrogen) atoms. The monoisotopic (exact) mass is 386 g/mol. The second-order valence-electron chi connectivity index (χ2n) is 4.87. The molecule has 0 radical (unpaired) electrons. The lowest BCUT2D eigenvalue weighted by molar-refractivity contribution is 0.102. The van der Waals surface area contributed by atoms with E-state index in [1.54, 1.807) is 48.5 Å². The number of carbonyl (C=O) groups excluding carboxylic acids is 1. The van der Waals surface area contributed by atoms with E-state index in [2.05, 4.69) is 36.8 Å². The van der Waals surface area contributed by atoms with Crippen LogP contribution in [-0.2, 0) is 0 Å². The van der Waals surface area contributed by atoms with Crippen LogP contribution < -0.4 is 10.6 Å². The quantitative estimate of drug-likeness (QED) is 0.698. The molecule has 7 heteroatoms. The first-order valence-electron chi connectivity index (χ1n) is 7.04. The number of aromatic nitrogens is 2. The van der Waals surface area contributed by atoms with E-state index in [4.69, 9.17) is 0 Å². The van der Waals surface area contributed by atoms with Crippen LogP contribution in [0.15, 0.2) is 65.1 Å². The Hall–Kier alpha value is -2.80. The van der Waals surface area contributed by atoms with Crippen LogP contribution in [0.1, 0.15) is 10.4 Å². The van der Waals surface area contributed by atoms with Crippen LogP contribution in [0, 0.1) is 5.82 Å².